The zero-order valence-corrected chi connectivity index (χ0v) is 13.1. The molecule has 0 saturated heterocycles. The molecular formula is C16H21FN2O3. The highest BCUT2D eigenvalue weighted by atomic mass is 19.1. The van der Waals surface area contributed by atoms with E-state index in [9.17, 15) is 14.0 Å². The van der Waals surface area contributed by atoms with Crippen molar-refractivity contribution in [2.45, 2.75) is 33.2 Å². The number of esters is 1. The van der Waals surface area contributed by atoms with Gasteiger partial charge in [0, 0.05) is 0 Å². The number of carbonyl (C=O) groups excluding carboxylic acids is 2. The van der Waals surface area contributed by atoms with Gasteiger partial charge < -0.3 is 10.1 Å². The number of hydrogen-bond acceptors (Lipinski definition) is 4. The molecule has 1 aliphatic heterocycles. The molecule has 1 atom stereocenters. The van der Waals surface area contributed by atoms with E-state index in [2.05, 4.69) is 5.32 Å². The maximum absolute atomic E-state index is 13.3. The molecule has 5 nitrogen and oxygen atoms in total. The summed E-state index contributed by atoms with van der Waals surface area (Å²) in [4.78, 5) is 25.9. The van der Waals surface area contributed by atoms with Crippen LogP contribution in [-0.4, -0.2) is 31.1 Å². The van der Waals surface area contributed by atoms with Gasteiger partial charge in [0.25, 0.3) is 0 Å². The Morgan fingerprint density at radius 2 is 2.18 bits per heavy atom. The number of fused-ring (bicyclic) bond motifs is 1. The van der Waals surface area contributed by atoms with E-state index in [1.54, 1.807) is 0 Å². The van der Waals surface area contributed by atoms with Crippen LogP contribution in [0.5, 0.6) is 0 Å². The third-order valence-corrected chi connectivity index (χ3v) is 3.45. The van der Waals surface area contributed by atoms with E-state index in [0.717, 1.165) is 0 Å². The lowest BCUT2D eigenvalue weighted by Crippen LogP contribution is -2.50. The number of anilines is 2. The first-order valence-corrected chi connectivity index (χ1v) is 7.46. The smallest absolute Gasteiger partial charge is 0.329 e. The molecule has 120 valence electrons. The number of nitrogens with zero attached hydrogens (tertiary/aromatic N) is 1. The molecule has 1 aromatic carbocycles. The van der Waals surface area contributed by atoms with Crippen LogP contribution in [0.4, 0.5) is 15.8 Å². The van der Waals surface area contributed by atoms with Crippen molar-refractivity contribution in [2.75, 3.05) is 23.4 Å². The van der Waals surface area contributed by atoms with E-state index < -0.39 is 17.8 Å². The van der Waals surface area contributed by atoms with Gasteiger partial charge in [0.05, 0.1) is 24.5 Å². The number of halogens is 1. The molecule has 0 radical (unpaired) electrons. The van der Waals surface area contributed by atoms with Crippen molar-refractivity contribution in [1.82, 2.24) is 0 Å². The van der Waals surface area contributed by atoms with E-state index in [4.69, 9.17) is 4.74 Å². The molecule has 0 aliphatic carbocycles. The van der Waals surface area contributed by atoms with Gasteiger partial charge in [-0.3, -0.25) is 9.69 Å². The van der Waals surface area contributed by atoms with Crippen molar-refractivity contribution in [3.63, 3.8) is 0 Å². The molecule has 1 aliphatic rings. The third kappa shape index (κ3) is 3.37. The van der Waals surface area contributed by atoms with Gasteiger partial charge >= 0.3 is 5.97 Å². The largest absolute Gasteiger partial charge is 0.464 e. The standard InChI is InChI=1S/C16H21FN2O3/c1-4-13(16(21)22-9-10(2)3)19-14-6-5-11(17)7-12(14)18-8-15(19)20/h5-7,10,13,18H,4,8-9H2,1-3H3. The van der Waals surface area contributed by atoms with Crippen molar-refractivity contribution in [2.24, 2.45) is 5.92 Å². The molecule has 0 bridgehead atoms. The summed E-state index contributed by atoms with van der Waals surface area (Å²) in [6.07, 6.45) is 0.430. The molecule has 1 aromatic rings. The second-order valence-electron chi connectivity index (χ2n) is 5.73. The molecule has 6 heteroatoms. The highest BCUT2D eigenvalue weighted by Gasteiger charge is 2.34. The Morgan fingerprint density at radius 1 is 1.45 bits per heavy atom. The predicted molar refractivity (Wildman–Crippen MR) is 82.3 cm³/mol. The van der Waals surface area contributed by atoms with Crippen molar-refractivity contribution in [3.05, 3.63) is 24.0 Å². The van der Waals surface area contributed by atoms with Gasteiger partial charge in [-0.2, -0.15) is 0 Å². The molecule has 22 heavy (non-hydrogen) atoms. The molecule has 2 rings (SSSR count). The van der Waals surface area contributed by atoms with Gasteiger partial charge in [-0.15, -0.1) is 0 Å². The first-order valence-electron chi connectivity index (χ1n) is 7.46. The fourth-order valence-electron chi connectivity index (χ4n) is 2.39. The van der Waals surface area contributed by atoms with Crippen LogP contribution in [0.1, 0.15) is 27.2 Å². The fourth-order valence-corrected chi connectivity index (χ4v) is 2.39. The summed E-state index contributed by atoms with van der Waals surface area (Å²) < 4.78 is 18.6. The summed E-state index contributed by atoms with van der Waals surface area (Å²) in [6.45, 7) is 6.06. The van der Waals surface area contributed by atoms with Crippen LogP contribution < -0.4 is 10.2 Å². The number of amides is 1. The summed E-state index contributed by atoms with van der Waals surface area (Å²) in [5.74, 6) is -0.827. The summed E-state index contributed by atoms with van der Waals surface area (Å²) >= 11 is 0. The molecule has 1 N–H and O–H groups in total. The van der Waals surface area contributed by atoms with E-state index in [-0.39, 0.29) is 18.4 Å². The molecule has 0 aromatic heterocycles. The fraction of sp³-hybridized carbons (Fsp3) is 0.500. The van der Waals surface area contributed by atoms with Crippen LogP contribution in [0.3, 0.4) is 0 Å². The second-order valence-corrected chi connectivity index (χ2v) is 5.73. The normalized spacial score (nSPS) is 15.3. The van der Waals surface area contributed by atoms with E-state index >= 15 is 0 Å². The zero-order chi connectivity index (χ0) is 16.3. The van der Waals surface area contributed by atoms with Gasteiger partial charge in [0.1, 0.15) is 11.9 Å². The molecule has 0 fully saturated rings. The summed E-state index contributed by atoms with van der Waals surface area (Å²) in [5, 5.41) is 2.87. The lowest BCUT2D eigenvalue weighted by molar-refractivity contribution is -0.147. The number of ether oxygens (including phenoxy) is 1. The maximum atomic E-state index is 13.3. The summed E-state index contributed by atoms with van der Waals surface area (Å²) in [7, 11) is 0. The van der Waals surface area contributed by atoms with E-state index in [0.29, 0.717) is 24.4 Å². The van der Waals surface area contributed by atoms with Crippen LogP contribution in [0, 0.1) is 11.7 Å². The minimum Gasteiger partial charge on any atom is -0.464 e. The Balaban J connectivity index is 2.28. The monoisotopic (exact) mass is 308 g/mol. The van der Waals surface area contributed by atoms with Crippen LogP contribution in [-0.2, 0) is 14.3 Å². The summed E-state index contributed by atoms with van der Waals surface area (Å²) in [5.41, 5.74) is 1.01. The van der Waals surface area contributed by atoms with Crippen molar-refractivity contribution in [1.29, 1.82) is 0 Å². The van der Waals surface area contributed by atoms with Gasteiger partial charge in [-0.05, 0) is 30.5 Å². The Bertz CT molecular complexity index is 575. The van der Waals surface area contributed by atoms with E-state index in [1.165, 1.54) is 23.1 Å². The molecular weight excluding hydrogens is 287 g/mol. The van der Waals surface area contributed by atoms with Gasteiger partial charge in [-0.1, -0.05) is 20.8 Å². The Kier molecular flexibility index (Phi) is 5.00. The van der Waals surface area contributed by atoms with Gasteiger partial charge in [-0.25, -0.2) is 9.18 Å². The number of rotatable bonds is 5. The molecule has 1 amide bonds. The maximum Gasteiger partial charge on any atom is 0.329 e. The Morgan fingerprint density at radius 3 is 2.82 bits per heavy atom. The highest BCUT2D eigenvalue weighted by molar-refractivity contribution is 6.06. The molecule has 0 saturated carbocycles. The SMILES string of the molecule is CCC(C(=O)OCC(C)C)N1C(=O)CNc2cc(F)ccc21. The van der Waals surface area contributed by atoms with Crippen LogP contribution in [0.2, 0.25) is 0 Å². The summed E-state index contributed by atoms with van der Waals surface area (Å²) in [6, 6.07) is 3.41. The number of benzene rings is 1. The average Bonchev–Trinajstić information content (AvgIpc) is 2.48. The first-order chi connectivity index (χ1) is 10.4. The zero-order valence-electron chi connectivity index (χ0n) is 13.1. The number of hydrogen-bond donors (Lipinski definition) is 1. The third-order valence-electron chi connectivity index (χ3n) is 3.45. The van der Waals surface area contributed by atoms with Crippen molar-refractivity contribution in [3.8, 4) is 0 Å². The first kappa shape index (κ1) is 16.3. The quantitative estimate of drug-likeness (QED) is 0.849. The van der Waals surface area contributed by atoms with Gasteiger partial charge in [0.2, 0.25) is 5.91 Å². The Labute approximate surface area is 129 Å². The van der Waals surface area contributed by atoms with E-state index in [1.807, 2.05) is 20.8 Å². The van der Waals surface area contributed by atoms with Crippen LogP contribution in [0.25, 0.3) is 0 Å². The highest BCUT2D eigenvalue weighted by Crippen LogP contribution is 2.32. The van der Waals surface area contributed by atoms with Crippen LogP contribution in [0.15, 0.2) is 18.2 Å². The predicted octanol–water partition coefficient (Wildman–Crippen LogP) is 2.56. The van der Waals surface area contributed by atoms with Crippen molar-refractivity contribution >= 4 is 23.3 Å². The van der Waals surface area contributed by atoms with Gasteiger partial charge in [0.15, 0.2) is 0 Å². The molecule has 1 unspecified atom stereocenters. The number of carbonyl (C=O) groups is 2. The number of nitrogens with one attached hydrogen (secondary N) is 1. The molecule has 1 heterocycles. The lowest BCUT2D eigenvalue weighted by Gasteiger charge is -2.35. The average molecular weight is 308 g/mol. The van der Waals surface area contributed by atoms with Crippen LogP contribution >= 0.6 is 0 Å². The molecule has 0 spiro atoms. The minimum atomic E-state index is -0.697. The second kappa shape index (κ2) is 6.77. The topological polar surface area (TPSA) is 58.6 Å². The van der Waals surface area contributed by atoms with Crippen molar-refractivity contribution < 1.29 is 18.7 Å². The minimum absolute atomic E-state index is 0.0322. The Hall–Kier alpha value is -2.11. The lowest BCUT2D eigenvalue weighted by atomic mass is 10.1.